The molecule has 0 saturated heterocycles. The van der Waals surface area contributed by atoms with Gasteiger partial charge in [0.05, 0.1) is 92.6 Å². The first kappa shape index (κ1) is 94.7. The van der Waals surface area contributed by atoms with Crippen LogP contribution in [0.3, 0.4) is 0 Å². The van der Waals surface area contributed by atoms with Crippen molar-refractivity contribution in [3.63, 3.8) is 0 Å². The Morgan fingerprint density at radius 3 is 0.831 bits per heavy atom. The van der Waals surface area contributed by atoms with Crippen LogP contribution in [0.1, 0.15) is 117 Å². The first-order valence-corrected chi connectivity index (χ1v) is 41.4. The molecule has 12 aromatic carbocycles. The molecule has 37 heteroatoms. The summed E-state index contributed by atoms with van der Waals surface area (Å²) in [5, 5.41) is 60.6. The summed E-state index contributed by atoms with van der Waals surface area (Å²) >= 11 is 0. The molecule has 0 unspecified atom stereocenters. The van der Waals surface area contributed by atoms with Crippen molar-refractivity contribution in [3.8, 4) is 137 Å². The minimum atomic E-state index is -2.58. The van der Waals surface area contributed by atoms with Crippen molar-refractivity contribution < 1.29 is 83.4 Å². The summed E-state index contributed by atoms with van der Waals surface area (Å²) in [7, 11) is 0. The maximum Gasteiger partial charge on any atom is 0.528 e. The van der Waals surface area contributed by atoms with Gasteiger partial charge in [-0.2, -0.15) is 29.1 Å². The monoisotopic (exact) mass is 1970 g/mol. The number of nitrogens with zero attached hydrogens (tertiary/aromatic N) is 18. The van der Waals surface area contributed by atoms with Crippen molar-refractivity contribution >= 4 is 50.2 Å². The second kappa shape index (κ2) is 33.8. The van der Waals surface area contributed by atoms with Crippen LogP contribution in [-0.4, -0.2) is 0 Å². The van der Waals surface area contributed by atoms with Crippen LogP contribution >= 0.6 is 0 Å². The number of nitriles is 6. The van der Waals surface area contributed by atoms with E-state index < -0.39 is 251 Å². The van der Waals surface area contributed by atoms with Gasteiger partial charge in [-0.3, -0.25) is 0 Å². The molecule has 0 heterocycles. The molecule has 21 rings (SSSR count). The summed E-state index contributed by atoms with van der Waals surface area (Å²) in [6, 6.07) is 28.0. The van der Waals surface area contributed by atoms with Gasteiger partial charge in [-0.15, -0.1) is 0 Å². The number of rotatable bonds is 0. The third kappa shape index (κ3) is 12.1. The molecule has 0 atom stereocenters. The predicted octanol–water partition coefficient (Wildman–Crippen LogP) is 29.3. The lowest BCUT2D eigenvalue weighted by Crippen LogP contribution is -2.03. The average molecular weight is 1970 g/mol. The fraction of sp³-hybridized carbons (Fsp3) is 0.0270. The lowest BCUT2D eigenvalue weighted by molar-refractivity contribution is 0.410. The van der Waals surface area contributed by atoms with Gasteiger partial charge in [0.1, 0.15) is 62.7 Å². The molecule has 0 aliphatic heterocycles. The van der Waals surface area contributed by atoms with Gasteiger partial charge in [0.15, 0.2) is 87.3 Å². The van der Waals surface area contributed by atoms with Crippen LogP contribution in [0.5, 0.6) is 0 Å². The number of hydrogen-bond donors (Lipinski definition) is 0. The van der Waals surface area contributed by atoms with Crippen LogP contribution < -0.4 is 0 Å². The van der Waals surface area contributed by atoms with Crippen LogP contribution in [0, 0.1) is 278 Å². The molecule has 12 aromatic rings. The zero-order valence-corrected chi connectivity index (χ0v) is 73.3. The van der Waals surface area contributed by atoms with Gasteiger partial charge in [-0.05, 0) is 231 Å². The highest BCUT2D eigenvalue weighted by Crippen LogP contribution is 2.72. The zero-order valence-electron chi connectivity index (χ0n) is 73.3. The van der Waals surface area contributed by atoms with Gasteiger partial charge in [0.2, 0.25) is 0 Å². The lowest BCUT2D eigenvalue weighted by Gasteiger charge is -2.19. The molecule has 0 N–H and O–H groups in total. The quantitative estimate of drug-likeness (QED) is 0.0476. The number of allylic oxidation sites excluding steroid dienone is 6. The van der Waals surface area contributed by atoms with E-state index in [2.05, 4.69) is 58.1 Å². The molecule has 0 saturated carbocycles. The van der Waals surface area contributed by atoms with E-state index >= 15 is 65.9 Å². The average Bonchev–Trinajstić information content (AvgIpc) is 1.55. The maximum atomic E-state index is 16.4. The van der Waals surface area contributed by atoms with Crippen molar-refractivity contribution in [3.05, 3.63) is 501 Å². The molecule has 9 aliphatic carbocycles. The van der Waals surface area contributed by atoms with Gasteiger partial charge in [-0.25, -0.2) is 144 Å². The fourth-order valence-electron chi connectivity index (χ4n) is 20.9. The summed E-state index contributed by atoms with van der Waals surface area (Å²) in [6.45, 7) is 97.1. The number of hydrogen-bond acceptors (Lipinski definition) is 6. The molecular weight excluding hydrogens is 1950 g/mol. The minimum absolute atomic E-state index is 0.0328. The van der Waals surface area contributed by atoms with E-state index in [1.165, 1.54) is 55.5 Å². The standard InChI is InChI=1S/C37H3F11N6.C37H8F6N6.C37H12F2N6/c1-8-26(38)19-11(9(6-49)51-2)13-15(21(19)28(40)27(8)39)14-12(10(7-50)52-3)20-22(30(42)34(46)33(45)29(20)41)16(14)18-17(13)23-24(25(18)37(53-4)54-5)32(44)36(48)35(47)31(23)43;1-13-6-14-15(7-19(13)38)27-32(25(14)23(11-44)46-2)26-16-8-20(39)21(40)9-17(16)30(37(48-4)49-5)33(26)28-18-10-22(41)35(42)36(43)29(18)31(34(27)28)24(12-45)47-3;1-17-6-9-20-23(12-17)28(26(15-40)42-2)34-30(20)35-29(27(16-41)43-3)24-13-18(38)7-10-21(24)31(35)36-32(34)22-11-8-19(39)14-25(22)33(36)37(44-4)45-5/h1H3;6-10H,1H3;6-14H,1H3/b11-9+,12-10-;25-23-,31-24+;28-26-,29-27+. The molecule has 18 nitrogen and oxygen atoms in total. The highest BCUT2D eigenvalue weighted by atomic mass is 19.2. The van der Waals surface area contributed by atoms with Gasteiger partial charge in [-0.1, -0.05) is 35.9 Å². The second-order valence-corrected chi connectivity index (χ2v) is 32.8. The topological polar surface area (TPSA) is 195 Å². The van der Waals surface area contributed by atoms with E-state index in [1.807, 2.05) is 37.3 Å². The minimum Gasteiger partial charge on any atom is -0.226 e. The van der Waals surface area contributed by atoms with E-state index in [1.54, 1.807) is 18.2 Å². The Balaban J connectivity index is 0.000000140. The Kier molecular flexibility index (Phi) is 21.6. The van der Waals surface area contributed by atoms with Crippen LogP contribution in [0.4, 0.5) is 83.4 Å². The van der Waals surface area contributed by atoms with E-state index in [0.717, 1.165) is 17.7 Å². The summed E-state index contributed by atoms with van der Waals surface area (Å²) < 4.78 is 294. The molecule has 0 bridgehead atoms. The first-order chi connectivity index (χ1) is 70.9. The smallest absolute Gasteiger partial charge is 0.226 e. The highest BCUT2D eigenvalue weighted by molar-refractivity contribution is 6.29. The van der Waals surface area contributed by atoms with Crippen molar-refractivity contribution in [2.75, 3.05) is 0 Å². The number of benzene rings is 12. The Labute approximate surface area is 819 Å². The Morgan fingerprint density at radius 2 is 0.446 bits per heavy atom. The van der Waals surface area contributed by atoms with Crippen molar-refractivity contribution in [1.29, 1.82) is 31.6 Å². The maximum absolute atomic E-state index is 16.4. The van der Waals surface area contributed by atoms with Crippen molar-refractivity contribution in [2.24, 2.45) is 0 Å². The Morgan fingerprint density at radius 1 is 0.189 bits per heavy atom. The summed E-state index contributed by atoms with van der Waals surface area (Å²) in [5.41, 5.74) is -21.3. The third-order valence-corrected chi connectivity index (χ3v) is 26.2. The summed E-state index contributed by atoms with van der Waals surface area (Å²) in [5.74, 6) is -38.0. The fourth-order valence-corrected chi connectivity index (χ4v) is 20.9. The van der Waals surface area contributed by atoms with Crippen LogP contribution in [-0.2, 0) is 0 Å². The van der Waals surface area contributed by atoms with Crippen LogP contribution in [0.15, 0.2) is 137 Å². The van der Waals surface area contributed by atoms with Crippen LogP contribution in [0.25, 0.3) is 208 Å². The number of aryl methyl sites for hydroxylation is 2. The van der Waals surface area contributed by atoms with E-state index in [9.17, 15) is 49.1 Å². The third-order valence-electron chi connectivity index (χ3n) is 26.2. The molecule has 690 valence electrons. The van der Waals surface area contributed by atoms with Crippen molar-refractivity contribution in [1.82, 2.24) is 0 Å². The summed E-state index contributed by atoms with van der Waals surface area (Å²) in [4.78, 5) is 38.8. The zero-order chi connectivity index (χ0) is 107. The Bertz CT molecular complexity index is 9300. The molecule has 9 aliphatic rings. The van der Waals surface area contributed by atoms with Crippen LogP contribution in [0.2, 0.25) is 0 Å². The number of fused-ring (bicyclic) bond motifs is 36. The first-order valence-electron chi connectivity index (χ1n) is 41.4. The van der Waals surface area contributed by atoms with E-state index in [4.69, 9.17) is 78.9 Å². The molecule has 148 heavy (non-hydrogen) atoms. The second-order valence-electron chi connectivity index (χ2n) is 32.8. The Hall–Kier alpha value is -22.2. The molecule has 0 spiro atoms. The lowest BCUT2D eigenvalue weighted by atomic mass is 9.83. The normalized spacial score (nSPS) is 14.3. The van der Waals surface area contributed by atoms with E-state index in [-0.39, 0.29) is 112 Å². The molecular formula is C111H23F19N18. The molecule has 0 aromatic heterocycles. The van der Waals surface area contributed by atoms with Gasteiger partial charge < -0.3 is 0 Å². The van der Waals surface area contributed by atoms with Gasteiger partial charge in [0, 0.05) is 89.1 Å². The predicted molar refractivity (Wildman–Crippen MR) is 489 cm³/mol. The van der Waals surface area contributed by atoms with Gasteiger partial charge >= 0.3 is 17.5 Å². The number of halogens is 19. The molecule has 0 amide bonds. The molecule has 0 fully saturated rings. The summed E-state index contributed by atoms with van der Waals surface area (Å²) in [6.07, 6.45) is 0. The SMILES string of the molecule is [C-]#[N+]C([N+]#[C-])=C1c2c(F)c(F)c(F)c(F)c2-c2c1c1c(c3c2/C(=C(/C#N)[N+]#[C-])c2c(F)c(C)c(F)c(F)c2-3)/C(=C(\C#N)[N+]#[C-])c2c(F)c(F)c(F)c(F)c2-1.[C-]#[N+]C([N+]#[C-])=C1c2cc(F)c(F)cc2-c2c1c1c(c3c2/C(=C(/C#N)[N+]#[C-])c2cc(C)c(F)cc2-3)/C(=C(\C#N)[N+]#[C-])c2c-1cc(F)c(F)c2F.[C-]#[N+]C([N+]#[C-])=C1c2cc(F)ccc2-c2c1c1c(c3c2/C(=C(/C#N)[N+]#[C-])c2cc(C)ccc2-3)/C(=C(\C#N)[N+]#[C-])c2cc(F)ccc2-1. The highest BCUT2D eigenvalue weighted by Gasteiger charge is 2.55. The van der Waals surface area contributed by atoms with Gasteiger partial charge in [0.25, 0.3) is 34.2 Å². The largest absolute Gasteiger partial charge is 0.528 e. The molecule has 0 radical (unpaired) electrons. The van der Waals surface area contributed by atoms with Crippen molar-refractivity contribution in [2.45, 2.75) is 20.8 Å². The van der Waals surface area contributed by atoms with E-state index in [0.29, 0.717) is 80.3 Å².